The summed E-state index contributed by atoms with van der Waals surface area (Å²) < 4.78 is 5.42. The minimum absolute atomic E-state index is 0.0542. The van der Waals surface area contributed by atoms with E-state index >= 15 is 0 Å². The van der Waals surface area contributed by atoms with Gasteiger partial charge in [-0.15, -0.1) is 0 Å². The number of fused-ring (bicyclic) bond motifs is 1. The van der Waals surface area contributed by atoms with E-state index in [-0.39, 0.29) is 16.8 Å². The number of thioether (sulfide) groups is 1. The van der Waals surface area contributed by atoms with Gasteiger partial charge in [0.25, 0.3) is 0 Å². The maximum absolute atomic E-state index is 11.6. The molecular formula is C13H12N2O4S2. The third-order valence-electron chi connectivity index (χ3n) is 2.46. The number of aromatic nitrogens is 1. The summed E-state index contributed by atoms with van der Waals surface area (Å²) in [7, 11) is 1.32. The Balaban J connectivity index is 2.13. The summed E-state index contributed by atoms with van der Waals surface area (Å²) >= 11 is 2.20. The van der Waals surface area contributed by atoms with Gasteiger partial charge in [-0.25, -0.2) is 9.78 Å². The Bertz CT molecular complexity index is 711. The number of hydrogen-bond donors (Lipinski definition) is 1. The Labute approximate surface area is 128 Å². The van der Waals surface area contributed by atoms with E-state index in [4.69, 9.17) is 0 Å². The first-order valence-corrected chi connectivity index (χ1v) is 7.72. The van der Waals surface area contributed by atoms with Crippen LogP contribution in [0.4, 0.5) is 5.13 Å². The first-order chi connectivity index (χ1) is 9.99. The second kappa shape index (κ2) is 6.68. The summed E-state index contributed by atoms with van der Waals surface area (Å²) in [6, 6.07) is 4.97. The van der Waals surface area contributed by atoms with E-state index in [2.05, 4.69) is 15.0 Å². The van der Waals surface area contributed by atoms with Crippen LogP contribution in [0.5, 0.6) is 0 Å². The Morgan fingerprint density at radius 1 is 1.38 bits per heavy atom. The lowest BCUT2D eigenvalue weighted by atomic mass is 10.2. The Kier molecular flexibility index (Phi) is 4.92. The fourth-order valence-electron chi connectivity index (χ4n) is 1.55. The maximum Gasteiger partial charge on any atom is 0.337 e. The van der Waals surface area contributed by atoms with Gasteiger partial charge in [-0.2, -0.15) is 0 Å². The highest BCUT2D eigenvalue weighted by Crippen LogP contribution is 2.27. The average molecular weight is 324 g/mol. The van der Waals surface area contributed by atoms with Crippen LogP contribution in [0.15, 0.2) is 18.2 Å². The highest BCUT2D eigenvalue weighted by molar-refractivity contribution is 8.14. The van der Waals surface area contributed by atoms with Crippen LogP contribution in [0, 0.1) is 0 Å². The number of methoxy groups -OCH3 is 1. The van der Waals surface area contributed by atoms with Gasteiger partial charge < -0.3 is 10.1 Å². The molecule has 8 heteroatoms. The van der Waals surface area contributed by atoms with Crippen molar-refractivity contribution in [1.82, 2.24) is 4.98 Å². The zero-order chi connectivity index (χ0) is 15.4. The van der Waals surface area contributed by atoms with Crippen molar-refractivity contribution in [3.63, 3.8) is 0 Å². The molecule has 0 saturated carbocycles. The molecule has 2 rings (SSSR count). The van der Waals surface area contributed by atoms with Gasteiger partial charge in [0.05, 0.1) is 28.6 Å². The predicted molar refractivity (Wildman–Crippen MR) is 82.7 cm³/mol. The number of carbonyl (C=O) groups is 3. The van der Waals surface area contributed by atoms with Crippen molar-refractivity contribution in [2.75, 3.05) is 18.2 Å². The summed E-state index contributed by atoms with van der Waals surface area (Å²) in [4.78, 5) is 38.1. The summed E-state index contributed by atoms with van der Waals surface area (Å²) in [5.41, 5.74) is 1.11. The number of carbonyl (C=O) groups excluding carboxylic acids is 3. The molecule has 0 aliphatic heterocycles. The molecule has 0 aliphatic rings. The third kappa shape index (κ3) is 4.02. The molecule has 1 heterocycles. The molecule has 2 aromatic rings. The highest BCUT2D eigenvalue weighted by Gasteiger charge is 2.11. The molecule has 1 aromatic carbocycles. The second-order valence-corrected chi connectivity index (χ2v) is 6.20. The molecule has 6 nitrogen and oxygen atoms in total. The molecule has 0 unspecified atom stereocenters. The van der Waals surface area contributed by atoms with E-state index in [1.54, 1.807) is 18.2 Å². The number of hydrogen-bond acceptors (Lipinski definition) is 7. The lowest BCUT2D eigenvalue weighted by Crippen LogP contribution is -2.14. The normalized spacial score (nSPS) is 10.4. The maximum atomic E-state index is 11.6. The molecule has 1 amide bonds. The number of esters is 1. The summed E-state index contributed by atoms with van der Waals surface area (Å²) in [6.07, 6.45) is 0. The number of nitrogens with one attached hydrogen (secondary N) is 1. The second-order valence-electron chi connectivity index (χ2n) is 4.02. The van der Waals surface area contributed by atoms with Crippen molar-refractivity contribution >= 4 is 55.4 Å². The van der Waals surface area contributed by atoms with Gasteiger partial charge in [-0.3, -0.25) is 9.59 Å². The van der Waals surface area contributed by atoms with Gasteiger partial charge in [-0.1, -0.05) is 23.1 Å². The van der Waals surface area contributed by atoms with Gasteiger partial charge in [-0.05, 0) is 18.2 Å². The highest BCUT2D eigenvalue weighted by atomic mass is 32.2. The van der Waals surface area contributed by atoms with Gasteiger partial charge in [0, 0.05) is 6.92 Å². The quantitative estimate of drug-likeness (QED) is 0.869. The minimum Gasteiger partial charge on any atom is -0.465 e. The molecule has 1 aromatic heterocycles. The van der Waals surface area contributed by atoms with E-state index in [0.29, 0.717) is 16.2 Å². The van der Waals surface area contributed by atoms with Crippen molar-refractivity contribution in [3.05, 3.63) is 23.8 Å². The van der Waals surface area contributed by atoms with Crippen LogP contribution in [-0.4, -0.2) is 34.8 Å². The summed E-state index contributed by atoms with van der Waals surface area (Å²) in [5.74, 6) is -0.658. The number of rotatable bonds is 4. The smallest absolute Gasteiger partial charge is 0.337 e. The van der Waals surface area contributed by atoms with E-state index in [1.165, 1.54) is 25.4 Å². The lowest BCUT2D eigenvalue weighted by molar-refractivity contribution is -0.114. The van der Waals surface area contributed by atoms with Crippen LogP contribution in [-0.2, 0) is 14.3 Å². The molecule has 0 spiro atoms. The summed E-state index contributed by atoms with van der Waals surface area (Å²) in [6.45, 7) is 1.41. The molecule has 0 radical (unpaired) electrons. The molecule has 21 heavy (non-hydrogen) atoms. The monoisotopic (exact) mass is 324 g/mol. The van der Waals surface area contributed by atoms with Crippen LogP contribution in [0.2, 0.25) is 0 Å². The predicted octanol–water partition coefficient (Wildman–Crippen LogP) is 2.30. The molecule has 0 fully saturated rings. The molecule has 0 saturated heterocycles. The number of amides is 1. The minimum atomic E-state index is -0.422. The molecule has 1 N–H and O–H groups in total. The third-order valence-corrected chi connectivity index (χ3v) is 4.21. The Morgan fingerprint density at radius 3 is 2.81 bits per heavy atom. The molecule has 110 valence electrons. The van der Waals surface area contributed by atoms with Gasteiger partial charge in [0.2, 0.25) is 5.91 Å². The zero-order valence-electron chi connectivity index (χ0n) is 11.3. The zero-order valence-corrected chi connectivity index (χ0v) is 13.0. The fraction of sp³-hybridized carbons (Fsp3) is 0.231. The first kappa shape index (κ1) is 15.5. The molecule has 0 bridgehead atoms. The van der Waals surface area contributed by atoms with Crippen molar-refractivity contribution in [2.45, 2.75) is 6.92 Å². The van der Waals surface area contributed by atoms with Gasteiger partial charge >= 0.3 is 5.97 Å². The standard InChI is InChI=1S/C13H12N2O4S2/c1-7(16)20-6-11(17)15-13-14-9-4-3-8(12(18)19-2)5-10(9)21-13/h3-5H,6H2,1-2H3,(H,14,15,17). The number of anilines is 1. The number of ether oxygens (including phenoxy) is 1. The fourth-order valence-corrected chi connectivity index (χ4v) is 2.87. The van der Waals surface area contributed by atoms with Gasteiger partial charge in [0.15, 0.2) is 10.2 Å². The number of benzene rings is 1. The van der Waals surface area contributed by atoms with Crippen LogP contribution >= 0.6 is 23.1 Å². The van der Waals surface area contributed by atoms with Crippen LogP contribution in [0.3, 0.4) is 0 Å². The Hall–Kier alpha value is -1.93. The van der Waals surface area contributed by atoms with Gasteiger partial charge in [0.1, 0.15) is 0 Å². The van der Waals surface area contributed by atoms with Crippen LogP contribution < -0.4 is 5.32 Å². The van der Waals surface area contributed by atoms with Crippen LogP contribution in [0.1, 0.15) is 17.3 Å². The first-order valence-electron chi connectivity index (χ1n) is 5.91. The lowest BCUT2D eigenvalue weighted by Gasteiger charge is -1.98. The molecule has 0 aliphatic carbocycles. The van der Waals surface area contributed by atoms with Crippen molar-refractivity contribution in [1.29, 1.82) is 0 Å². The topological polar surface area (TPSA) is 85.4 Å². The SMILES string of the molecule is COC(=O)c1ccc2nc(NC(=O)CSC(C)=O)sc2c1. The largest absolute Gasteiger partial charge is 0.465 e. The van der Waals surface area contributed by atoms with Crippen LogP contribution in [0.25, 0.3) is 10.2 Å². The average Bonchev–Trinajstić information content (AvgIpc) is 2.85. The van der Waals surface area contributed by atoms with E-state index in [1.807, 2.05) is 0 Å². The van der Waals surface area contributed by atoms with Crippen molar-refractivity contribution in [3.8, 4) is 0 Å². The summed E-state index contributed by atoms with van der Waals surface area (Å²) in [5, 5.41) is 2.95. The Morgan fingerprint density at radius 2 is 2.14 bits per heavy atom. The molecular weight excluding hydrogens is 312 g/mol. The number of thiazole rings is 1. The number of nitrogens with zero attached hydrogens (tertiary/aromatic N) is 1. The van der Waals surface area contributed by atoms with Crippen molar-refractivity contribution < 1.29 is 19.1 Å². The molecule has 0 atom stereocenters. The van der Waals surface area contributed by atoms with E-state index < -0.39 is 5.97 Å². The van der Waals surface area contributed by atoms with Crippen molar-refractivity contribution in [2.24, 2.45) is 0 Å². The van der Waals surface area contributed by atoms with E-state index in [9.17, 15) is 14.4 Å². The van der Waals surface area contributed by atoms with E-state index in [0.717, 1.165) is 16.5 Å².